The number of nitrogens with one attached hydrogen (secondary N) is 1. The predicted octanol–water partition coefficient (Wildman–Crippen LogP) is 5.17. The lowest BCUT2D eigenvalue weighted by Crippen LogP contribution is -2.22. The van der Waals surface area contributed by atoms with Crippen LogP contribution in [-0.2, 0) is 4.74 Å². The Balaban J connectivity index is 2.08. The Morgan fingerprint density at radius 1 is 1.07 bits per heavy atom. The van der Waals surface area contributed by atoms with Gasteiger partial charge < -0.3 is 19.1 Å². The summed E-state index contributed by atoms with van der Waals surface area (Å²) in [5, 5.41) is 2.83. The van der Waals surface area contributed by atoms with Gasteiger partial charge in [0, 0.05) is 36.1 Å². The van der Waals surface area contributed by atoms with Crippen molar-refractivity contribution in [3.8, 4) is 11.5 Å². The van der Waals surface area contributed by atoms with E-state index < -0.39 is 12.2 Å². The molecule has 152 valence electrons. The molecule has 0 radical (unpaired) electrons. The molecule has 1 amide bonds. The summed E-state index contributed by atoms with van der Waals surface area (Å²) in [6.45, 7) is 9.89. The van der Waals surface area contributed by atoms with Crippen molar-refractivity contribution < 1.29 is 19.0 Å². The van der Waals surface area contributed by atoms with Crippen LogP contribution in [0.5, 0.6) is 11.5 Å². The number of methoxy groups -OCH3 is 2. The van der Waals surface area contributed by atoms with Crippen molar-refractivity contribution >= 4 is 17.5 Å². The van der Waals surface area contributed by atoms with Gasteiger partial charge in [0.1, 0.15) is 17.6 Å². The van der Waals surface area contributed by atoms with Crippen LogP contribution in [0.2, 0.25) is 0 Å². The number of hydrogen-bond acceptors (Lipinski definition) is 5. The third kappa shape index (κ3) is 5.09. The molecule has 0 aliphatic carbocycles. The minimum Gasteiger partial charge on any atom is -0.497 e. The number of rotatable bonds is 8. The lowest BCUT2D eigenvalue weighted by molar-refractivity contribution is 0.119. The first kappa shape index (κ1) is 21.4. The smallest absolute Gasteiger partial charge is 0.412 e. The van der Waals surface area contributed by atoms with E-state index in [-0.39, 0.29) is 0 Å². The molecule has 0 aliphatic heterocycles. The number of carbonyl (C=O) groups is 1. The molecular weight excluding hydrogens is 356 g/mol. The SMILES string of the molecule is CCN(CC)c1ccc(NC(=O)OC(C)c2ccc(OC)cc2OC)c(C)c1. The number of amides is 1. The zero-order chi connectivity index (χ0) is 20.7. The molecule has 6 heteroatoms. The van der Waals surface area contributed by atoms with Crippen molar-refractivity contribution in [1.29, 1.82) is 0 Å². The first-order valence-electron chi connectivity index (χ1n) is 9.48. The molecule has 1 N–H and O–H groups in total. The van der Waals surface area contributed by atoms with Crippen LogP contribution in [0.25, 0.3) is 0 Å². The third-order valence-electron chi connectivity index (χ3n) is 4.74. The number of hydrogen-bond donors (Lipinski definition) is 1. The van der Waals surface area contributed by atoms with Crippen molar-refractivity contribution in [1.82, 2.24) is 0 Å². The van der Waals surface area contributed by atoms with Crippen LogP contribution >= 0.6 is 0 Å². The Bertz CT molecular complexity index is 803. The van der Waals surface area contributed by atoms with Gasteiger partial charge in [-0.15, -0.1) is 0 Å². The fraction of sp³-hybridized carbons (Fsp3) is 0.409. The van der Waals surface area contributed by atoms with Crippen LogP contribution in [0.4, 0.5) is 16.2 Å². The maximum absolute atomic E-state index is 12.4. The van der Waals surface area contributed by atoms with Crippen LogP contribution in [0, 0.1) is 6.92 Å². The van der Waals surface area contributed by atoms with Crippen molar-refractivity contribution in [2.24, 2.45) is 0 Å². The topological polar surface area (TPSA) is 60.0 Å². The summed E-state index contributed by atoms with van der Waals surface area (Å²) in [6.07, 6.45) is -0.986. The van der Waals surface area contributed by atoms with E-state index in [0.717, 1.165) is 35.6 Å². The number of carbonyl (C=O) groups excluding carboxylic acids is 1. The highest BCUT2D eigenvalue weighted by atomic mass is 16.6. The van der Waals surface area contributed by atoms with E-state index in [1.165, 1.54) is 0 Å². The van der Waals surface area contributed by atoms with E-state index in [0.29, 0.717) is 11.5 Å². The van der Waals surface area contributed by atoms with Gasteiger partial charge in [-0.25, -0.2) is 4.79 Å². The average Bonchev–Trinajstić information content (AvgIpc) is 2.70. The highest BCUT2D eigenvalue weighted by molar-refractivity contribution is 5.86. The van der Waals surface area contributed by atoms with Crippen LogP contribution in [-0.4, -0.2) is 33.4 Å². The Morgan fingerprint density at radius 2 is 1.79 bits per heavy atom. The van der Waals surface area contributed by atoms with Crippen molar-refractivity contribution in [3.05, 3.63) is 47.5 Å². The summed E-state index contributed by atoms with van der Waals surface area (Å²) in [6, 6.07) is 11.4. The Hall–Kier alpha value is -2.89. The first-order chi connectivity index (χ1) is 13.4. The standard InChI is InChI=1S/C22H30N2O4/c1-7-24(8-2)17-9-12-20(15(3)13-17)23-22(25)28-16(4)19-11-10-18(26-5)14-21(19)27-6/h9-14,16H,7-8H2,1-6H3,(H,23,25). The molecule has 0 saturated carbocycles. The monoisotopic (exact) mass is 386 g/mol. The second kappa shape index (κ2) is 9.88. The zero-order valence-corrected chi connectivity index (χ0v) is 17.5. The molecule has 0 heterocycles. The van der Waals surface area contributed by atoms with Crippen molar-refractivity contribution in [2.75, 3.05) is 37.5 Å². The second-order valence-corrected chi connectivity index (χ2v) is 6.45. The van der Waals surface area contributed by atoms with Crippen LogP contribution < -0.4 is 19.7 Å². The predicted molar refractivity (Wildman–Crippen MR) is 113 cm³/mol. The highest BCUT2D eigenvalue weighted by Gasteiger charge is 2.17. The molecule has 2 aromatic rings. The number of ether oxygens (including phenoxy) is 3. The molecule has 1 unspecified atom stereocenters. The maximum Gasteiger partial charge on any atom is 0.412 e. The first-order valence-corrected chi connectivity index (χ1v) is 9.48. The van der Waals surface area contributed by atoms with Gasteiger partial charge in [-0.2, -0.15) is 0 Å². The summed E-state index contributed by atoms with van der Waals surface area (Å²) >= 11 is 0. The minimum atomic E-state index is -0.510. The summed E-state index contributed by atoms with van der Waals surface area (Å²) in [4.78, 5) is 14.7. The van der Waals surface area contributed by atoms with Crippen LogP contribution in [0.3, 0.4) is 0 Å². The molecule has 0 bridgehead atoms. The quantitative estimate of drug-likeness (QED) is 0.678. The van der Waals surface area contributed by atoms with E-state index in [2.05, 4.69) is 30.1 Å². The van der Waals surface area contributed by atoms with Gasteiger partial charge in [0.15, 0.2) is 0 Å². The molecule has 6 nitrogen and oxygen atoms in total. The largest absolute Gasteiger partial charge is 0.497 e. The lowest BCUT2D eigenvalue weighted by atomic mass is 10.1. The molecule has 0 aromatic heterocycles. The fourth-order valence-corrected chi connectivity index (χ4v) is 3.09. The Kier molecular flexibility index (Phi) is 7.55. The summed E-state index contributed by atoms with van der Waals surface area (Å²) in [5.74, 6) is 1.29. The van der Waals surface area contributed by atoms with Gasteiger partial charge >= 0.3 is 6.09 Å². The molecular formula is C22H30N2O4. The molecule has 0 saturated heterocycles. The van der Waals surface area contributed by atoms with Gasteiger partial charge in [0.05, 0.1) is 14.2 Å². The molecule has 28 heavy (non-hydrogen) atoms. The Labute approximate surface area is 167 Å². The molecule has 2 aromatic carbocycles. The van der Waals surface area contributed by atoms with Gasteiger partial charge in [-0.05, 0) is 63.6 Å². The minimum absolute atomic E-state index is 0.476. The lowest BCUT2D eigenvalue weighted by Gasteiger charge is -2.22. The van der Waals surface area contributed by atoms with Gasteiger partial charge in [-0.1, -0.05) is 0 Å². The number of nitrogens with zero attached hydrogens (tertiary/aromatic N) is 1. The van der Waals surface area contributed by atoms with Crippen molar-refractivity contribution in [3.63, 3.8) is 0 Å². The normalized spacial score (nSPS) is 11.5. The summed E-state index contributed by atoms with van der Waals surface area (Å²) < 4.78 is 16.1. The van der Waals surface area contributed by atoms with Crippen molar-refractivity contribution in [2.45, 2.75) is 33.8 Å². The number of benzene rings is 2. The summed E-state index contributed by atoms with van der Waals surface area (Å²) in [5.41, 5.74) is 3.62. The molecule has 0 aliphatic rings. The van der Waals surface area contributed by atoms with Gasteiger partial charge in [-0.3, -0.25) is 5.32 Å². The average molecular weight is 386 g/mol. The van der Waals surface area contributed by atoms with E-state index in [4.69, 9.17) is 14.2 Å². The van der Waals surface area contributed by atoms with E-state index in [1.807, 2.05) is 31.2 Å². The number of anilines is 2. The van der Waals surface area contributed by atoms with Gasteiger partial charge in [0.25, 0.3) is 0 Å². The molecule has 1 atom stereocenters. The Morgan fingerprint density at radius 3 is 2.36 bits per heavy atom. The van der Waals surface area contributed by atoms with E-state index >= 15 is 0 Å². The van der Waals surface area contributed by atoms with E-state index in [9.17, 15) is 4.79 Å². The third-order valence-corrected chi connectivity index (χ3v) is 4.74. The zero-order valence-electron chi connectivity index (χ0n) is 17.5. The maximum atomic E-state index is 12.4. The molecule has 0 fully saturated rings. The van der Waals surface area contributed by atoms with Crippen LogP contribution in [0.15, 0.2) is 36.4 Å². The fourth-order valence-electron chi connectivity index (χ4n) is 3.09. The molecule has 2 rings (SSSR count). The number of aryl methyl sites for hydroxylation is 1. The second-order valence-electron chi connectivity index (χ2n) is 6.45. The highest BCUT2D eigenvalue weighted by Crippen LogP contribution is 2.31. The van der Waals surface area contributed by atoms with Gasteiger partial charge in [0.2, 0.25) is 0 Å². The van der Waals surface area contributed by atoms with E-state index in [1.54, 1.807) is 27.2 Å². The van der Waals surface area contributed by atoms with Crippen LogP contribution in [0.1, 0.15) is 38.0 Å². The summed E-state index contributed by atoms with van der Waals surface area (Å²) in [7, 11) is 3.17. The molecule has 0 spiro atoms.